The van der Waals surface area contributed by atoms with E-state index < -0.39 is 0 Å². The van der Waals surface area contributed by atoms with E-state index in [4.69, 9.17) is 0 Å². The number of anilines is 2. The number of nitrogens with one attached hydrogen (secondary N) is 2. The third-order valence-corrected chi connectivity index (χ3v) is 4.86. The Morgan fingerprint density at radius 1 is 1.21 bits per heavy atom. The fraction of sp³-hybridized carbons (Fsp3) is 0.364. The van der Waals surface area contributed by atoms with E-state index in [1.807, 2.05) is 0 Å². The molecule has 0 atom stereocenters. The van der Waals surface area contributed by atoms with Crippen molar-refractivity contribution < 1.29 is 9.18 Å². The maximum Gasteiger partial charge on any atom is 0.255 e. The first kappa shape index (κ1) is 20.0. The summed E-state index contributed by atoms with van der Waals surface area (Å²) in [6, 6.07) is 9.89. The van der Waals surface area contributed by atoms with Gasteiger partial charge in [-0.2, -0.15) is 0 Å². The third kappa shape index (κ3) is 5.39. The van der Waals surface area contributed by atoms with Gasteiger partial charge in [-0.15, -0.1) is 0 Å². The number of benzene rings is 1. The lowest BCUT2D eigenvalue weighted by molar-refractivity contribution is 0.0914. The van der Waals surface area contributed by atoms with E-state index in [-0.39, 0.29) is 17.8 Å². The fourth-order valence-corrected chi connectivity index (χ4v) is 3.21. The van der Waals surface area contributed by atoms with Crippen molar-refractivity contribution in [3.63, 3.8) is 0 Å². The molecule has 148 valence electrons. The number of para-hydroxylation sites is 1. The molecule has 3 rings (SSSR count). The molecule has 1 aromatic heterocycles. The van der Waals surface area contributed by atoms with Crippen LogP contribution >= 0.6 is 0 Å². The van der Waals surface area contributed by atoms with Crippen molar-refractivity contribution in [2.75, 3.05) is 25.0 Å². The number of carbonyl (C=O) groups is 1. The molecule has 2 N–H and O–H groups in total. The minimum Gasteiger partial charge on any atom is -0.349 e. The van der Waals surface area contributed by atoms with Gasteiger partial charge in [-0.05, 0) is 51.0 Å². The molecule has 2 aromatic rings. The van der Waals surface area contributed by atoms with Gasteiger partial charge in [0.1, 0.15) is 11.6 Å². The maximum absolute atomic E-state index is 13.9. The Labute approximate surface area is 165 Å². The van der Waals surface area contributed by atoms with Crippen LogP contribution in [0.4, 0.5) is 15.9 Å². The largest absolute Gasteiger partial charge is 0.349 e. The van der Waals surface area contributed by atoms with Crippen molar-refractivity contribution in [1.82, 2.24) is 15.2 Å². The van der Waals surface area contributed by atoms with Crippen molar-refractivity contribution in [1.29, 1.82) is 0 Å². The molecule has 6 heteroatoms. The second-order valence-electron chi connectivity index (χ2n) is 7.33. The smallest absolute Gasteiger partial charge is 0.255 e. The number of rotatable bonds is 6. The molecular formula is C22H27FN4O. The first-order chi connectivity index (χ1) is 13.5. The number of aromatic nitrogens is 1. The lowest BCUT2D eigenvalue weighted by Gasteiger charge is -2.31. The minimum absolute atomic E-state index is 0.136. The molecule has 28 heavy (non-hydrogen) atoms. The van der Waals surface area contributed by atoms with Crippen LogP contribution in [-0.4, -0.2) is 41.5 Å². The summed E-state index contributed by atoms with van der Waals surface area (Å²) in [5, 5.41) is 6.04. The molecule has 0 unspecified atom stereocenters. The first-order valence-electron chi connectivity index (χ1n) is 9.66. The summed E-state index contributed by atoms with van der Waals surface area (Å²) >= 11 is 0. The SMILES string of the molecule is CC(C)=CCN1CCC(NC(=O)c2cccnc2Nc2ccccc2F)CC1. The Hall–Kier alpha value is -2.73. The second kappa shape index (κ2) is 9.46. The molecule has 1 fully saturated rings. The molecule has 1 aliphatic rings. The number of likely N-dealkylation sites (tertiary alicyclic amines) is 1. The predicted octanol–water partition coefficient (Wildman–Crippen LogP) is 4.12. The van der Waals surface area contributed by atoms with Gasteiger partial charge in [-0.3, -0.25) is 9.69 Å². The van der Waals surface area contributed by atoms with Gasteiger partial charge in [0.15, 0.2) is 0 Å². The highest BCUT2D eigenvalue weighted by Gasteiger charge is 2.22. The van der Waals surface area contributed by atoms with Crippen molar-refractivity contribution in [2.24, 2.45) is 0 Å². The quantitative estimate of drug-likeness (QED) is 0.738. The molecule has 1 saturated heterocycles. The van der Waals surface area contributed by atoms with Gasteiger partial charge in [0.25, 0.3) is 5.91 Å². The highest BCUT2D eigenvalue weighted by atomic mass is 19.1. The highest BCUT2D eigenvalue weighted by Crippen LogP contribution is 2.21. The normalized spacial score (nSPS) is 15.1. The second-order valence-corrected chi connectivity index (χ2v) is 7.33. The van der Waals surface area contributed by atoms with E-state index in [0.29, 0.717) is 17.1 Å². The Morgan fingerprint density at radius 3 is 2.68 bits per heavy atom. The zero-order valence-electron chi connectivity index (χ0n) is 16.4. The summed E-state index contributed by atoms with van der Waals surface area (Å²) < 4.78 is 13.9. The fourth-order valence-electron chi connectivity index (χ4n) is 3.21. The Bertz CT molecular complexity index is 840. The molecular weight excluding hydrogens is 355 g/mol. The van der Waals surface area contributed by atoms with E-state index in [9.17, 15) is 9.18 Å². The molecule has 0 saturated carbocycles. The van der Waals surface area contributed by atoms with E-state index in [1.165, 1.54) is 11.6 Å². The molecule has 0 aliphatic carbocycles. The summed E-state index contributed by atoms with van der Waals surface area (Å²) in [7, 11) is 0. The van der Waals surface area contributed by atoms with Crippen LogP contribution in [0.3, 0.4) is 0 Å². The van der Waals surface area contributed by atoms with E-state index in [1.54, 1.807) is 36.5 Å². The van der Waals surface area contributed by atoms with Crippen molar-refractivity contribution >= 4 is 17.4 Å². The summed E-state index contributed by atoms with van der Waals surface area (Å²) in [6.07, 6.45) is 5.65. The summed E-state index contributed by atoms with van der Waals surface area (Å²) in [5.41, 5.74) is 2.03. The van der Waals surface area contributed by atoms with Crippen LogP contribution in [0.2, 0.25) is 0 Å². The zero-order valence-corrected chi connectivity index (χ0v) is 16.4. The van der Waals surface area contributed by atoms with E-state index in [0.717, 1.165) is 32.5 Å². The topological polar surface area (TPSA) is 57.3 Å². The zero-order chi connectivity index (χ0) is 19.9. The van der Waals surface area contributed by atoms with Crippen LogP contribution < -0.4 is 10.6 Å². The molecule has 5 nitrogen and oxygen atoms in total. The molecule has 0 spiro atoms. The number of piperidine rings is 1. The minimum atomic E-state index is -0.386. The maximum atomic E-state index is 13.9. The monoisotopic (exact) mass is 382 g/mol. The van der Waals surface area contributed by atoms with Crippen molar-refractivity contribution in [3.8, 4) is 0 Å². The van der Waals surface area contributed by atoms with E-state index >= 15 is 0 Å². The van der Waals surface area contributed by atoms with Gasteiger partial charge >= 0.3 is 0 Å². The third-order valence-electron chi connectivity index (χ3n) is 4.86. The van der Waals surface area contributed by atoms with Crippen LogP contribution in [0, 0.1) is 5.82 Å². The van der Waals surface area contributed by atoms with Gasteiger partial charge in [0.05, 0.1) is 11.3 Å². The van der Waals surface area contributed by atoms with Crippen LogP contribution in [0.25, 0.3) is 0 Å². The lowest BCUT2D eigenvalue weighted by Crippen LogP contribution is -2.44. The van der Waals surface area contributed by atoms with Crippen LogP contribution in [0.1, 0.15) is 37.0 Å². The Kier molecular flexibility index (Phi) is 6.76. The number of carbonyl (C=O) groups excluding carboxylic acids is 1. The number of halogens is 1. The average molecular weight is 382 g/mol. The predicted molar refractivity (Wildman–Crippen MR) is 110 cm³/mol. The number of nitrogens with zero attached hydrogens (tertiary/aromatic N) is 2. The first-order valence-corrected chi connectivity index (χ1v) is 9.66. The highest BCUT2D eigenvalue weighted by molar-refractivity contribution is 5.99. The molecule has 1 aromatic carbocycles. The van der Waals surface area contributed by atoms with Crippen LogP contribution in [0.5, 0.6) is 0 Å². The molecule has 0 radical (unpaired) electrons. The number of pyridine rings is 1. The summed E-state index contributed by atoms with van der Waals surface area (Å²) in [4.78, 5) is 19.4. The number of amides is 1. The van der Waals surface area contributed by atoms with Gasteiger partial charge < -0.3 is 10.6 Å². The van der Waals surface area contributed by atoms with E-state index in [2.05, 4.69) is 40.4 Å². The Morgan fingerprint density at radius 2 is 1.96 bits per heavy atom. The number of hydrogen-bond donors (Lipinski definition) is 2. The van der Waals surface area contributed by atoms with Crippen molar-refractivity contribution in [2.45, 2.75) is 32.7 Å². The van der Waals surface area contributed by atoms with Crippen molar-refractivity contribution in [3.05, 3.63) is 65.6 Å². The standard InChI is InChI=1S/C22H27FN4O/c1-16(2)9-13-27-14-10-17(11-15-27)25-22(28)18-6-5-12-24-21(18)26-20-8-4-3-7-19(20)23/h3-9,12,17H,10-11,13-15H2,1-2H3,(H,24,26)(H,25,28). The number of hydrogen-bond acceptors (Lipinski definition) is 4. The molecule has 1 amide bonds. The van der Waals surface area contributed by atoms with Gasteiger partial charge in [0, 0.05) is 31.9 Å². The van der Waals surface area contributed by atoms with Gasteiger partial charge in [-0.1, -0.05) is 23.8 Å². The van der Waals surface area contributed by atoms with Gasteiger partial charge in [0.2, 0.25) is 0 Å². The van der Waals surface area contributed by atoms with Crippen LogP contribution in [-0.2, 0) is 0 Å². The van der Waals surface area contributed by atoms with Crippen LogP contribution in [0.15, 0.2) is 54.2 Å². The summed E-state index contributed by atoms with van der Waals surface area (Å²) in [5.74, 6) is -0.218. The number of allylic oxidation sites excluding steroid dienone is 1. The Balaban J connectivity index is 1.61. The van der Waals surface area contributed by atoms with Gasteiger partial charge in [-0.25, -0.2) is 9.37 Å². The average Bonchev–Trinajstić information content (AvgIpc) is 2.69. The summed E-state index contributed by atoms with van der Waals surface area (Å²) in [6.45, 7) is 7.09. The molecule has 2 heterocycles. The molecule has 0 bridgehead atoms. The lowest BCUT2D eigenvalue weighted by atomic mass is 10.0. The molecule has 1 aliphatic heterocycles.